The van der Waals surface area contributed by atoms with E-state index in [9.17, 15) is 5.11 Å². The second-order valence-electron chi connectivity index (χ2n) is 3.84. The minimum atomic E-state index is 0.190. The quantitative estimate of drug-likeness (QED) is 0.749. The molecule has 1 aliphatic rings. The summed E-state index contributed by atoms with van der Waals surface area (Å²) in [5.41, 5.74) is 2.08. The van der Waals surface area contributed by atoms with Gasteiger partial charge < -0.3 is 10.4 Å². The molecule has 1 heterocycles. The molecule has 0 amide bonds. The number of benzene rings is 1. The van der Waals surface area contributed by atoms with Crippen LogP contribution in [-0.4, -0.2) is 11.7 Å². The van der Waals surface area contributed by atoms with Gasteiger partial charge in [0.25, 0.3) is 0 Å². The van der Waals surface area contributed by atoms with Crippen LogP contribution in [0.3, 0.4) is 0 Å². The summed E-state index contributed by atoms with van der Waals surface area (Å²) in [5.74, 6) is 0.190. The van der Waals surface area contributed by atoms with Crippen LogP contribution < -0.4 is 5.32 Å². The summed E-state index contributed by atoms with van der Waals surface area (Å²) in [6.07, 6.45) is 2.28. The molecule has 1 fully saturated rings. The first-order valence-electron chi connectivity index (χ1n) is 4.91. The molecule has 0 spiro atoms. The lowest BCUT2D eigenvalue weighted by Gasteiger charge is -2.14. The summed E-state index contributed by atoms with van der Waals surface area (Å²) < 4.78 is 0. The topological polar surface area (TPSA) is 32.3 Å². The Morgan fingerprint density at radius 2 is 2.29 bits per heavy atom. The molecular weight excluding hydrogens is 198 g/mol. The first-order chi connectivity index (χ1) is 6.68. The van der Waals surface area contributed by atoms with Crippen LogP contribution in [0, 0.1) is 6.92 Å². The Labute approximate surface area is 88.9 Å². The van der Waals surface area contributed by atoms with E-state index >= 15 is 0 Å². The number of phenols is 1. The molecule has 1 aromatic carbocycles. The Morgan fingerprint density at radius 3 is 2.93 bits per heavy atom. The number of aryl methyl sites for hydroxylation is 1. The van der Waals surface area contributed by atoms with Crippen LogP contribution in [0.4, 0.5) is 0 Å². The van der Waals surface area contributed by atoms with Gasteiger partial charge in [-0.2, -0.15) is 0 Å². The molecule has 3 heteroatoms. The molecular formula is C11H14ClNO. The lowest BCUT2D eigenvalue weighted by atomic mass is 10.0. The molecule has 1 unspecified atom stereocenters. The average Bonchev–Trinajstić information content (AvgIpc) is 2.63. The molecule has 0 saturated carbocycles. The van der Waals surface area contributed by atoms with Crippen molar-refractivity contribution in [2.24, 2.45) is 0 Å². The molecule has 1 atom stereocenters. The number of nitrogens with one attached hydrogen (secondary N) is 1. The molecule has 0 aliphatic carbocycles. The monoisotopic (exact) mass is 211 g/mol. The molecule has 0 radical (unpaired) electrons. The highest BCUT2D eigenvalue weighted by Crippen LogP contribution is 2.35. The zero-order chi connectivity index (χ0) is 10.1. The van der Waals surface area contributed by atoms with Crippen LogP contribution in [0.25, 0.3) is 0 Å². The fraction of sp³-hybridized carbons (Fsp3) is 0.455. The lowest BCUT2D eigenvalue weighted by molar-refractivity contribution is 0.473. The average molecular weight is 212 g/mol. The van der Waals surface area contributed by atoms with Crippen LogP contribution in [-0.2, 0) is 0 Å². The third-order valence-corrected chi connectivity index (χ3v) is 3.07. The van der Waals surface area contributed by atoms with Crippen molar-refractivity contribution in [1.29, 1.82) is 0 Å². The van der Waals surface area contributed by atoms with Crippen molar-refractivity contribution in [3.8, 4) is 5.75 Å². The molecule has 0 bridgehead atoms. The van der Waals surface area contributed by atoms with Crippen LogP contribution in [0.1, 0.15) is 30.0 Å². The Kier molecular flexibility index (Phi) is 2.66. The van der Waals surface area contributed by atoms with E-state index in [1.165, 1.54) is 6.42 Å². The van der Waals surface area contributed by atoms with Gasteiger partial charge in [0.2, 0.25) is 0 Å². The number of rotatable bonds is 1. The number of hydrogen-bond acceptors (Lipinski definition) is 2. The highest BCUT2D eigenvalue weighted by Gasteiger charge is 2.20. The molecule has 1 saturated heterocycles. The largest absolute Gasteiger partial charge is 0.506 e. The maximum atomic E-state index is 9.58. The Bertz CT molecular complexity index is 345. The first-order valence-corrected chi connectivity index (χ1v) is 5.28. The molecule has 2 rings (SSSR count). The predicted octanol–water partition coefficient (Wildman–Crippen LogP) is 2.78. The molecule has 2 N–H and O–H groups in total. The molecule has 1 aromatic rings. The second-order valence-corrected chi connectivity index (χ2v) is 4.21. The molecule has 0 aromatic heterocycles. The highest BCUT2D eigenvalue weighted by atomic mass is 35.5. The summed E-state index contributed by atoms with van der Waals surface area (Å²) in [5, 5.41) is 13.4. The van der Waals surface area contributed by atoms with Crippen LogP contribution >= 0.6 is 11.6 Å². The molecule has 76 valence electrons. The minimum Gasteiger partial charge on any atom is -0.506 e. The highest BCUT2D eigenvalue weighted by molar-refractivity contribution is 6.32. The Hall–Kier alpha value is -0.730. The van der Waals surface area contributed by atoms with E-state index in [-0.39, 0.29) is 5.75 Å². The van der Waals surface area contributed by atoms with Gasteiger partial charge >= 0.3 is 0 Å². The van der Waals surface area contributed by atoms with Gasteiger partial charge in [-0.3, -0.25) is 0 Å². The zero-order valence-electron chi connectivity index (χ0n) is 8.18. The van der Waals surface area contributed by atoms with Gasteiger partial charge in [0.15, 0.2) is 0 Å². The van der Waals surface area contributed by atoms with Crippen molar-refractivity contribution < 1.29 is 5.11 Å². The van der Waals surface area contributed by atoms with Gasteiger partial charge in [-0.05, 0) is 43.5 Å². The standard InChI is InChI=1S/C11H14ClNO/c1-7-5-8(9-3-2-4-13-9)11(12)10(14)6-7/h5-6,9,13-14H,2-4H2,1H3. The van der Waals surface area contributed by atoms with Crippen molar-refractivity contribution in [2.45, 2.75) is 25.8 Å². The van der Waals surface area contributed by atoms with Crippen molar-refractivity contribution >= 4 is 11.6 Å². The first kappa shape index (κ1) is 9.81. The number of halogens is 1. The van der Waals surface area contributed by atoms with Crippen molar-refractivity contribution in [3.05, 3.63) is 28.3 Å². The van der Waals surface area contributed by atoms with E-state index < -0.39 is 0 Å². The predicted molar refractivity (Wildman–Crippen MR) is 57.8 cm³/mol. The van der Waals surface area contributed by atoms with Crippen LogP contribution in [0.15, 0.2) is 12.1 Å². The Morgan fingerprint density at radius 1 is 1.50 bits per heavy atom. The number of aromatic hydroxyl groups is 1. The van der Waals surface area contributed by atoms with Gasteiger partial charge in [0, 0.05) is 6.04 Å². The normalized spacial score (nSPS) is 21.4. The summed E-state index contributed by atoms with van der Waals surface area (Å²) >= 11 is 6.06. The van der Waals surface area contributed by atoms with Crippen LogP contribution in [0.2, 0.25) is 5.02 Å². The smallest absolute Gasteiger partial charge is 0.134 e. The van der Waals surface area contributed by atoms with Gasteiger partial charge in [0.05, 0.1) is 5.02 Å². The van der Waals surface area contributed by atoms with Crippen LogP contribution in [0.5, 0.6) is 5.75 Å². The SMILES string of the molecule is Cc1cc(O)c(Cl)c(C2CCCN2)c1. The zero-order valence-corrected chi connectivity index (χ0v) is 8.93. The summed E-state index contributed by atoms with van der Waals surface area (Å²) in [6.45, 7) is 3.00. The maximum absolute atomic E-state index is 9.58. The van der Waals surface area contributed by atoms with Crippen molar-refractivity contribution in [1.82, 2.24) is 5.32 Å². The van der Waals surface area contributed by atoms with E-state index in [1.807, 2.05) is 13.0 Å². The van der Waals surface area contributed by atoms with Gasteiger partial charge in [-0.15, -0.1) is 0 Å². The van der Waals surface area contributed by atoms with E-state index in [0.717, 1.165) is 24.1 Å². The van der Waals surface area contributed by atoms with E-state index in [0.29, 0.717) is 11.1 Å². The second kappa shape index (κ2) is 3.79. The summed E-state index contributed by atoms with van der Waals surface area (Å²) in [6, 6.07) is 4.06. The van der Waals surface area contributed by atoms with Crippen molar-refractivity contribution in [3.63, 3.8) is 0 Å². The van der Waals surface area contributed by atoms with E-state index in [4.69, 9.17) is 11.6 Å². The lowest BCUT2D eigenvalue weighted by Crippen LogP contribution is -2.13. The number of hydrogen-bond donors (Lipinski definition) is 2. The maximum Gasteiger partial charge on any atom is 0.134 e. The van der Waals surface area contributed by atoms with Gasteiger partial charge in [-0.1, -0.05) is 17.7 Å². The van der Waals surface area contributed by atoms with Crippen molar-refractivity contribution in [2.75, 3.05) is 6.54 Å². The number of phenolic OH excluding ortho intramolecular Hbond substituents is 1. The Balaban J connectivity index is 2.40. The fourth-order valence-electron chi connectivity index (χ4n) is 1.98. The van der Waals surface area contributed by atoms with E-state index in [2.05, 4.69) is 5.32 Å². The fourth-order valence-corrected chi connectivity index (χ4v) is 2.22. The van der Waals surface area contributed by atoms with Gasteiger partial charge in [0.1, 0.15) is 5.75 Å². The molecule has 14 heavy (non-hydrogen) atoms. The van der Waals surface area contributed by atoms with E-state index in [1.54, 1.807) is 6.07 Å². The minimum absolute atomic E-state index is 0.190. The third kappa shape index (κ3) is 1.72. The molecule has 2 nitrogen and oxygen atoms in total. The third-order valence-electron chi connectivity index (χ3n) is 2.66. The summed E-state index contributed by atoms with van der Waals surface area (Å²) in [7, 11) is 0. The van der Waals surface area contributed by atoms with Gasteiger partial charge in [-0.25, -0.2) is 0 Å². The molecule has 1 aliphatic heterocycles. The summed E-state index contributed by atoms with van der Waals surface area (Å²) in [4.78, 5) is 0.